The summed E-state index contributed by atoms with van der Waals surface area (Å²) in [5, 5.41) is 17.5. The van der Waals surface area contributed by atoms with Crippen LogP contribution in [0.15, 0.2) is 54.1 Å². The molecule has 5 heteroatoms. The van der Waals surface area contributed by atoms with Gasteiger partial charge in [0.05, 0.1) is 6.61 Å². The zero-order chi connectivity index (χ0) is 22.5. The monoisotopic (exact) mass is 436 g/mol. The van der Waals surface area contributed by atoms with Crippen molar-refractivity contribution < 1.29 is 14.9 Å². The Balaban J connectivity index is 0.000000567. The molecule has 0 radical (unpaired) electrons. The molecule has 0 atom stereocenters. The molecule has 2 aromatic carbocycles. The minimum Gasteiger partial charge on any atom is -0.508 e. The summed E-state index contributed by atoms with van der Waals surface area (Å²) in [7, 11) is 0. The number of aliphatic hydroxyl groups excluding tert-OH is 1. The average molecular weight is 437 g/mol. The molecule has 4 saturated carbocycles. The number of hydrogen-bond acceptors (Lipinski definition) is 5. The fourth-order valence-electron chi connectivity index (χ4n) is 6.12. The number of phenolic OH excluding ortho intramolecular Hbond substituents is 1. The van der Waals surface area contributed by atoms with Gasteiger partial charge < -0.3 is 26.4 Å². The standard InChI is InChI=1S/C25H29NO2.C2H7NO/c26-9-10-28-23-7-3-19(4-8-23)24(18-1-5-22(27)6-2-18)25-20-12-16-11-17(14-20)15-21(25)13-16;3-1-2-4/h1-8,16-17,20-21,27H,9-15,26H2;4H,1-3H2. The van der Waals surface area contributed by atoms with E-state index in [0.717, 1.165) is 29.4 Å². The molecule has 0 heterocycles. The quantitative estimate of drug-likeness (QED) is 0.550. The van der Waals surface area contributed by atoms with E-state index in [1.54, 1.807) is 5.57 Å². The molecule has 0 unspecified atom stereocenters. The average Bonchev–Trinajstić information content (AvgIpc) is 2.81. The number of hydrogen-bond donors (Lipinski definition) is 4. The van der Waals surface area contributed by atoms with Crippen LogP contribution in [0.2, 0.25) is 0 Å². The van der Waals surface area contributed by atoms with Crippen LogP contribution in [0.4, 0.5) is 0 Å². The van der Waals surface area contributed by atoms with Crippen molar-refractivity contribution in [1.82, 2.24) is 0 Å². The molecule has 5 nitrogen and oxygen atoms in total. The summed E-state index contributed by atoms with van der Waals surface area (Å²) < 4.78 is 5.68. The van der Waals surface area contributed by atoms with Crippen LogP contribution < -0.4 is 16.2 Å². The number of allylic oxidation sites excluding steroid dienone is 1. The Labute approximate surface area is 191 Å². The van der Waals surface area contributed by atoms with Crippen LogP contribution in [0.1, 0.15) is 43.2 Å². The van der Waals surface area contributed by atoms with Gasteiger partial charge in [0.2, 0.25) is 0 Å². The van der Waals surface area contributed by atoms with E-state index < -0.39 is 0 Å². The first-order valence-corrected chi connectivity index (χ1v) is 11.9. The highest BCUT2D eigenvalue weighted by atomic mass is 16.5. The van der Waals surface area contributed by atoms with Gasteiger partial charge in [-0.25, -0.2) is 0 Å². The summed E-state index contributed by atoms with van der Waals surface area (Å²) in [6.45, 7) is 1.54. The first kappa shape index (κ1) is 22.8. The number of ether oxygens (including phenoxy) is 1. The minimum atomic E-state index is 0.0972. The molecule has 2 aromatic rings. The zero-order valence-corrected chi connectivity index (χ0v) is 18.7. The predicted octanol–water partition coefficient (Wildman–Crippen LogP) is 3.93. The summed E-state index contributed by atoms with van der Waals surface area (Å²) in [5.41, 5.74) is 15.9. The van der Waals surface area contributed by atoms with Crippen molar-refractivity contribution in [2.24, 2.45) is 35.1 Å². The molecular weight excluding hydrogens is 400 g/mol. The van der Waals surface area contributed by atoms with E-state index in [1.165, 1.54) is 48.8 Å². The minimum absolute atomic E-state index is 0.0972. The zero-order valence-electron chi connectivity index (χ0n) is 18.7. The Morgan fingerprint density at radius 3 is 1.75 bits per heavy atom. The van der Waals surface area contributed by atoms with Crippen molar-refractivity contribution in [3.63, 3.8) is 0 Å². The van der Waals surface area contributed by atoms with E-state index in [0.29, 0.717) is 25.4 Å². The van der Waals surface area contributed by atoms with Crippen molar-refractivity contribution in [1.29, 1.82) is 0 Å². The third kappa shape index (κ3) is 5.01. The van der Waals surface area contributed by atoms with E-state index in [4.69, 9.17) is 21.3 Å². The lowest BCUT2D eigenvalue weighted by molar-refractivity contribution is 0.0705. The molecule has 6 rings (SSSR count). The topological polar surface area (TPSA) is 102 Å². The van der Waals surface area contributed by atoms with Crippen molar-refractivity contribution in [3.8, 4) is 11.5 Å². The molecule has 32 heavy (non-hydrogen) atoms. The predicted molar refractivity (Wildman–Crippen MR) is 128 cm³/mol. The second-order valence-corrected chi connectivity index (χ2v) is 9.36. The SMILES string of the molecule is NCCO.NCCOc1ccc(C(=C2C3CC4CC(C3)CC2C4)c2ccc(O)cc2)cc1. The first-order chi connectivity index (χ1) is 15.6. The third-order valence-electron chi connectivity index (χ3n) is 7.12. The van der Waals surface area contributed by atoms with Gasteiger partial charge in [0, 0.05) is 13.1 Å². The molecule has 4 aliphatic rings. The molecule has 0 saturated heterocycles. The van der Waals surface area contributed by atoms with E-state index in [1.807, 2.05) is 12.1 Å². The molecule has 0 aromatic heterocycles. The van der Waals surface area contributed by atoms with Crippen LogP contribution in [0, 0.1) is 23.7 Å². The van der Waals surface area contributed by atoms with Crippen molar-refractivity contribution in [2.75, 3.05) is 26.3 Å². The molecule has 6 N–H and O–H groups in total. The number of rotatable bonds is 6. The summed E-state index contributed by atoms with van der Waals surface area (Å²) >= 11 is 0. The highest BCUT2D eigenvalue weighted by Gasteiger charge is 2.46. The van der Waals surface area contributed by atoms with Crippen molar-refractivity contribution in [2.45, 2.75) is 32.1 Å². The van der Waals surface area contributed by atoms with Crippen LogP contribution in [-0.4, -0.2) is 36.5 Å². The van der Waals surface area contributed by atoms with E-state index >= 15 is 0 Å². The number of aromatic hydroxyl groups is 1. The van der Waals surface area contributed by atoms with E-state index in [2.05, 4.69) is 36.4 Å². The fourth-order valence-corrected chi connectivity index (χ4v) is 6.12. The van der Waals surface area contributed by atoms with Gasteiger partial charge in [-0.15, -0.1) is 0 Å². The normalized spacial score (nSPS) is 25.3. The summed E-state index contributed by atoms with van der Waals surface area (Å²) in [4.78, 5) is 0. The van der Waals surface area contributed by atoms with Gasteiger partial charge >= 0.3 is 0 Å². The molecule has 4 bridgehead atoms. The largest absolute Gasteiger partial charge is 0.508 e. The maximum absolute atomic E-state index is 9.80. The highest BCUT2D eigenvalue weighted by molar-refractivity contribution is 5.83. The molecule has 172 valence electrons. The molecule has 0 aliphatic heterocycles. The molecule has 0 spiro atoms. The van der Waals surface area contributed by atoms with Crippen molar-refractivity contribution >= 4 is 5.57 Å². The first-order valence-electron chi connectivity index (χ1n) is 11.9. The van der Waals surface area contributed by atoms with E-state index in [-0.39, 0.29) is 6.61 Å². The van der Waals surface area contributed by atoms with Gasteiger partial charge in [-0.1, -0.05) is 29.8 Å². The van der Waals surface area contributed by atoms with Gasteiger partial charge in [0.1, 0.15) is 18.1 Å². The highest BCUT2D eigenvalue weighted by Crippen LogP contribution is 2.58. The fraction of sp³-hybridized carbons (Fsp3) is 0.481. The van der Waals surface area contributed by atoms with Gasteiger partial charge in [-0.3, -0.25) is 0 Å². The molecular formula is C27H36N2O3. The lowest BCUT2D eigenvalue weighted by Crippen LogP contribution is -2.40. The van der Waals surface area contributed by atoms with Gasteiger partial charge in [-0.05, 0) is 96.7 Å². The van der Waals surface area contributed by atoms with E-state index in [9.17, 15) is 5.11 Å². The number of aliphatic hydroxyl groups is 1. The molecule has 4 fully saturated rings. The number of benzene rings is 2. The smallest absolute Gasteiger partial charge is 0.119 e. The van der Waals surface area contributed by atoms with Gasteiger partial charge in [0.15, 0.2) is 0 Å². The van der Waals surface area contributed by atoms with Crippen LogP contribution in [0.3, 0.4) is 0 Å². The van der Waals surface area contributed by atoms with Crippen LogP contribution >= 0.6 is 0 Å². The summed E-state index contributed by atoms with van der Waals surface area (Å²) in [6.07, 6.45) is 6.91. The number of nitrogens with two attached hydrogens (primary N) is 2. The Morgan fingerprint density at radius 1 is 0.781 bits per heavy atom. The second kappa shape index (κ2) is 10.5. The Morgan fingerprint density at radius 2 is 1.28 bits per heavy atom. The van der Waals surface area contributed by atoms with Crippen molar-refractivity contribution in [3.05, 3.63) is 65.2 Å². The summed E-state index contributed by atoms with van der Waals surface area (Å²) in [6, 6.07) is 16.3. The van der Waals surface area contributed by atoms with Gasteiger partial charge in [0.25, 0.3) is 0 Å². The summed E-state index contributed by atoms with van der Waals surface area (Å²) in [5.74, 6) is 4.54. The Kier molecular flexibility index (Phi) is 7.51. The lowest BCUT2D eigenvalue weighted by atomic mass is 9.53. The second-order valence-electron chi connectivity index (χ2n) is 9.36. The Bertz CT molecular complexity index is 874. The Hall–Kier alpha value is -2.34. The lowest BCUT2D eigenvalue weighted by Gasteiger charge is -2.52. The van der Waals surface area contributed by atoms with Crippen LogP contribution in [0.5, 0.6) is 11.5 Å². The molecule has 0 amide bonds. The van der Waals surface area contributed by atoms with Gasteiger partial charge in [-0.2, -0.15) is 0 Å². The maximum atomic E-state index is 9.80. The number of phenols is 1. The maximum Gasteiger partial charge on any atom is 0.119 e. The van der Waals surface area contributed by atoms with Crippen LogP contribution in [0.25, 0.3) is 5.57 Å². The third-order valence-corrected chi connectivity index (χ3v) is 7.12. The van der Waals surface area contributed by atoms with Crippen LogP contribution in [-0.2, 0) is 0 Å². The molecule has 4 aliphatic carbocycles.